The summed E-state index contributed by atoms with van der Waals surface area (Å²) < 4.78 is 50.6. The number of esters is 2. The Bertz CT molecular complexity index is 1040. The van der Waals surface area contributed by atoms with Gasteiger partial charge in [0.15, 0.2) is 24.5 Å². The van der Waals surface area contributed by atoms with Crippen molar-refractivity contribution in [3.05, 3.63) is 30.3 Å². The number of carbonyl (C=O) groups excluding carboxylic acids is 2. The second kappa shape index (κ2) is 14.1. The Morgan fingerprint density at radius 1 is 1.25 bits per heavy atom. The monoisotopic (exact) mass is 621 g/mol. The van der Waals surface area contributed by atoms with E-state index in [0.717, 1.165) is 0 Å². The molecule has 224 valence electrons. The minimum atomic E-state index is -2.03. The lowest BCUT2D eigenvalue weighted by molar-refractivity contribution is -0.348. The molecule has 1 aromatic carbocycles. The molecule has 0 spiro atoms. The molecule has 0 bridgehead atoms. The van der Waals surface area contributed by atoms with Crippen LogP contribution in [0.4, 0.5) is 0 Å². The lowest BCUT2D eigenvalue weighted by atomic mass is 9.83. The van der Waals surface area contributed by atoms with Crippen molar-refractivity contribution in [2.75, 3.05) is 19.6 Å². The number of carbonyl (C=O) groups is 2. The molecule has 0 aliphatic carbocycles. The zero-order valence-corrected chi connectivity index (χ0v) is 26.4. The van der Waals surface area contributed by atoms with Crippen LogP contribution in [0.15, 0.2) is 30.3 Å². The molecule has 0 radical (unpaired) electrons. The average Bonchev–Trinajstić information content (AvgIpc) is 2.93. The normalized spacial score (nSPS) is 40.8. The number of fused-ring (bicyclic) bond motifs is 1. The quantitative estimate of drug-likeness (QED) is 0.239. The van der Waals surface area contributed by atoms with Crippen LogP contribution in [-0.4, -0.2) is 97.2 Å². The third kappa shape index (κ3) is 7.20. The highest BCUT2D eigenvalue weighted by atomic mass is 32.0. The molecule has 0 amide bonds. The van der Waals surface area contributed by atoms with Crippen LogP contribution in [0, 0.1) is 5.92 Å². The Labute approximate surface area is 242 Å². The van der Waals surface area contributed by atoms with Gasteiger partial charge in [-0.3, -0.25) is 4.79 Å². The Morgan fingerprint density at radius 2 is 1.98 bits per heavy atom. The standard InChI is InChI=1S/C26H40NO10P3/c1-13-18(27-12-38)24(35-17-11-31-25(40-39-5)37-19(13)17)36-20-14(2)32-22(26(4,30)21(20)33-15(3)28)23(29)34-16-9-7-6-8-10-16/h6-10,13-14,17-22,24-25,27,30,39-40H,11-12,38H2,1-5H3/t13-,14+,17?,18?,19-,20?,21-,22?,24+,25?,26+/m1/s1/i/hT. The first-order valence-corrected chi connectivity index (χ1v) is 17.6. The van der Waals surface area contributed by atoms with E-state index in [1.165, 1.54) is 19.2 Å². The Kier molecular flexibility index (Phi) is 10.8. The number of rotatable bonds is 9. The zero-order chi connectivity index (χ0) is 29.9. The maximum absolute atomic E-state index is 13.1. The van der Waals surface area contributed by atoms with Crippen molar-refractivity contribution < 1.29 is 49.3 Å². The maximum atomic E-state index is 13.1. The van der Waals surface area contributed by atoms with Gasteiger partial charge in [-0.25, -0.2) is 4.79 Å². The highest BCUT2D eigenvalue weighted by Gasteiger charge is 2.59. The predicted molar refractivity (Wildman–Crippen MR) is 154 cm³/mol. The van der Waals surface area contributed by atoms with E-state index >= 15 is 0 Å². The van der Waals surface area contributed by atoms with E-state index in [2.05, 4.69) is 15.9 Å². The maximum Gasteiger partial charge on any atom is 0.343 e. The van der Waals surface area contributed by atoms with Crippen molar-refractivity contribution >= 4 is 37.7 Å². The smallest absolute Gasteiger partial charge is 0.343 e. The van der Waals surface area contributed by atoms with Gasteiger partial charge in [0.25, 0.3) is 0 Å². The minimum Gasteiger partial charge on any atom is -0.456 e. The van der Waals surface area contributed by atoms with Crippen molar-refractivity contribution in [1.82, 2.24) is 5.31 Å². The van der Waals surface area contributed by atoms with E-state index in [4.69, 9.17) is 34.6 Å². The van der Waals surface area contributed by atoms with Crippen molar-refractivity contribution in [2.24, 2.45) is 5.92 Å². The molecule has 40 heavy (non-hydrogen) atoms. The molecule has 1 aromatic rings. The molecule has 8 unspecified atom stereocenters. The van der Waals surface area contributed by atoms with E-state index in [-0.39, 0.29) is 23.8 Å². The third-order valence-electron chi connectivity index (χ3n) is 7.26. The van der Waals surface area contributed by atoms with Gasteiger partial charge in [-0.15, -0.1) is 9.24 Å². The Hall–Kier alpha value is -0.830. The van der Waals surface area contributed by atoms with Crippen LogP contribution in [0.3, 0.4) is 0 Å². The van der Waals surface area contributed by atoms with Gasteiger partial charge in [0.2, 0.25) is 0 Å². The predicted octanol–water partition coefficient (Wildman–Crippen LogP) is 2.20. The largest absolute Gasteiger partial charge is 0.456 e. The molecule has 14 atom stereocenters. The number of ether oxygens (including phenoxy) is 7. The summed E-state index contributed by atoms with van der Waals surface area (Å²) >= 11 is 0. The van der Waals surface area contributed by atoms with Gasteiger partial charge in [0, 0.05) is 19.1 Å². The molecule has 3 fully saturated rings. The molecule has 0 saturated carbocycles. The summed E-state index contributed by atoms with van der Waals surface area (Å²) in [4.78, 5) is 25.3. The van der Waals surface area contributed by atoms with E-state index < -0.39 is 60.4 Å². The van der Waals surface area contributed by atoms with Gasteiger partial charge in [0.05, 0.1) is 24.9 Å². The minimum absolute atomic E-state index is 0.186. The van der Waals surface area contributed by atoms with Crippen LogP contribution in [0.2, 0.25) is 1.41 Å². The lowest BCUT2D eigenvalue weighted by Crippen LogP contribution is -2.70. The molecule has 4 rings (SSSR count). The fraction of sp³-hybridized carbons (Fsp3) is 0.692. The van der Waals surface area contributed by atoms with Gasteiger partial charge < -0.3 is 43.6 Å². The molecular formula is C26H40NO10P3. The van der Waals surface area contributed by atoms with E-state index in [9.17, 15) is 14.7 Å². The number of para-hydroxylation sites is 1. The molecule has 11 nitrogen and oxygen atoms in total. The summed E-state index contributed by atoms with van der Waals surface area (Å²) in [6.45, 7) is 8.59. The summed E-state index contributed by atoms with van der Waals surface area (Å²) in [5.41, 5.74) is -2.03. The second-order valence-corrected chi connectivity index (χ2v) is 14.2. The topological polar surface area (TPSA) is 131 Å². The van der Waals surface area contributed by atoms with Crippen LogP contribution in [0.5, 0.6) is 5.75 Å². The van der Waals surface area contributed by atoms with E-state index in [1.807, 2.05) is 6.92 Å². The fourth-order valence-electron chi connectivity index (χ4n) is 5.31. The molecule has 3 aliphatic rings. The van der Waals surface area contributed by atoms with Crippen molar-refractivity contribution in [3.8, 4) is 5.75 Å². The number of benzene rings is 1. The van der Waals surface area contributed by atoms with Crippen LogP contribution < -0.4 is 10.0 Å². The van der Waals surface area contributed by atoms with Gasteiger partial charge in [-0.05, 0) is 40.9 Å². The van der Waals surface area contributed by atoms with Crippen molar-refractivity contribution in [1.29, 1.82) is 0 Å². The Morgan fingerprint density at radius 3 is 2.62 bits per heavy atom. The van der Waals surface area contributed by atoms with Crippen LogP contribution in [0.25, 0.3) is 0 Å². The lowest BCUT2D eigenvalue weighted by Gasteiger charge is -2.52. The molecule has 3 aliphatic heterocycles. The molecule has 3 heterocycles. The molecule has 14 heteroatoms. The van der Waals surface area contributed by atoms with Crippen molar-refractivity contribution in [3.63, 3.8) is 0 Å². The fourth-order valence-corrected chi connectivity index (χ4v) is 7.36. The highest BCUT2D eigenvalue weighted by Crippen LogP contribution is 2.45. The average molecular weight is 622 g/mol. The molecule has 2 N–H and O–H groups in total. The first-order chi connectivity index (χ1) is 19.5. The van der Waals surface area contributed by atoms with Gasteiger partial charge in [-0.1, -0.05) is 33.4 Å². The first-order valence-electron chi connectivity index (χ1n) is 13.7. The molecule has 0 aromatic heterocycles. The number of hydrogen-bond acceptors (Lipinski definition) is 11. The van der Waals surface area contributed by atoms with Gasteiger partial charge in [-0.2, -0.15) is 0 Å². The van der Waals surface area contributed by atoms with Crippen molar-refractivity contribution in [2.45, 2.75) is 88.3 Å². The molecule has 3 saturated heterocycles. The van der Waals surface area contributed by atoms with E-state index in [1.54, 1.807) is 37.3 Å². The van der Waals surface area contributed by atoms with Crippen LogP contribution in [-0.2, 0) is 38.0 Å². The summed E-state index contributed by atoms with van der Waals surface area (Å²) in [6.07, 6.45) is -6.13. The SMILES string of the molecule is [3H]N(CP)C1[C@H](OC2[C@H](C)OC(C(=O)Oc3ccccc3)[C@@](C)(O)[C@@H]2OC(C)=O)OC2COC(PPC)O[C@@H]2[C@@H]1C. The third-order valence-corrected chi connectivity index (χ3v) is 9.87. The van der Waals surface area contributed by atoms with E-state index in [0.29, 0.717) is 29.4 Å². The first kappa shape index (κ1) is 30.6. The summed E-state index contributed by atoms with van der Waals surface area (Å²) in [5, 5.41) is 13.0. The van der Waals surface area contributed by atoms with Gasteiger partial charge in [0.1, 0.15) is 25.0 Å². The zero-order valence-electron chi connectivity index (χ0n) is 24.2. The summed E-state index contributed by atoms with van der Waals surface area (Å²) in [7, 11) is 3.73. The number of nitrogens with one attached hydrogen (secondary N) is 1. The van der Waals surface area contributed by atoms with Crippen LogP contribution in [0.1, 0.15) is 27.7 Å². The summed E-state index contributed by atoms with van der Waals surface area (Å²) in [5.74, 6) is -1.42. The highest BCUT2D eigenvalue weighted by molar-refractivity contribution is 8.11. The second-order valence-electron chi connectivity index (χ2n) is 10.2. The molecular weight excluding hydrogens is 579 g/mol. The summed E-state index contributed by atoms with van der Waals surface area (Å²) in [6, 6.07) is 7.52. The number of hydrogen-bond donors (Lipinski definition) is 2. The van der Waals surface area contributed by atoms with Crippen LogP contribution >= 0.6 is 25.8 Å². The van der Waals surface area contributed by atoms with Gasteiger partial charge >= 0.3 is 11.9 Å². The number of aliphatic hydroxyl groups is 1. The Balaban J connectivity index is 1.58.